The molecule has 1 heterocycles. The highest BCUT2D eigenvalue weighted by molar-refractivity contribution is 4.98. The molecule has 0 saturated heterocycles. The van der Waals surface area contributed by atoms with E-state index in [0.29, 0.717) is 13.0 Å². The summed E-state index contributed by atoms with van der Waals surface area (Å²) in [5.74, 6) is 0.907. The Bertz CT molecular complexity index is 331. The van der Waals surface area contributed by atoms with Gasteiger partial charge in [0.2, 0.25) is 0 Å². The van der Waals surface area contributed by atoms with E-state index in [1.54, 1.807) is 6.20 Å². The molecule has 0 saturated carbocycles. The largest absolute Gasteiger partial charge is 0.375 e. The summed E-state index contributed by atoms with van der Waals surface area (Å²) in [5, 5.41) is 3.35. The summed E-state index contributed by atoms with van der Waals surface area (Å²) in [6.45, 7) is 2.75. The number of aryl methyl sites for hydroxylation is 1. The van der Waals surface area contributed by atoms with Crippen molar-refractivity contribution in [2.75, 3.05) is 19.8 Å². The molecule has 0 aliphatic rings. The van der Waals surface area contributed by atoms with Gasteiger partial charge in [0, 0.05) is 26.0 Å². The van der Waals surface area contributed by atoms with Crippen LogP contribution in [0, 0.1) is 0 Å². The van der Waals surface area contributed by atoms with Crippen LogP contribution in [-0.2, 0) is 11.8 Å². The normalized spacial score (nSPS) is 13.2. The average molecular weight is 261 g/mol. The molecule has 6 heteroatoms. The van der Waals surface area contributed by atoms with Gasteiger partial charge < -0.3 is 14.6 Å². The lowest BCUT2D eigenvalue weighted by molar-refractivity contribution is 0.0141. The SMILES string of the molecule is CCCNC(CCOCC(F)F)c1nccn1C. The fourth-order valence-corrected chi connectivity index (χ4v) is 1.73. The number of ether oxygens (including phenoxy) is 1. The first-order valence-corrected chi connectivity index (χ1v) is 6.21. The molecule has 1 atom stereocenters. The number of aromatic nitrogens is 2. The van der Waals surface area contributed by atoms with Crippen molar-refractivity contribution in [2.24, 2.45) is 7.05 Å². The molecule has 0 amide bonds. The van der Waals surface area contributed by atoms with E-state index in [0.717, 1.165) is 18.8 Å². The van der Waals surface area contributed by atoms with Crippen LogP contribution < -0.4 is 5.32 Å². The summed E-state index contributed by atoms with van der Waals surface area (Å²) in [4.78, 5) is 4.28. The molecule has 4 nitrogen and oxygen atoms in total. The fraction of sp³-hybridized carbons (Fsp3) is 0.750. The molecule has 1 aromatic rings. The standard InChI is InChI=1S/C12H21F2N3O/c1-3-5-15-10(4-8-18-9-11(13)14)12-16-6-7-17(12)2/h6-7,10-11,15H,3-5,8-9H2,1-2H3. The molecule has 1 aromatic heterocycles. The topological polar surface area (TPSA) is 39.1 Å². The Kier molecular flexibility index (Phi) is 6.82. The molecular formula is C12H21F2N3O. The molecule has 1 unspecified atom stereocenters. The van der Waals surface area contributed by atoms with Crippen LogP contribution in [0.15, 0.2) is 12.4 Å². The van der Waals surface area contributed by atoms with Crippen molar-refractivity contribution in [2.45, 2.75) is 32.2 Å². The molecule has 0 bridgehead atoms. The highest BCUT2D eigenvalue weighted by Crippen LogP contribution is 2.14. The zero-order valence-electron chi connectivity index (χ0n) is 10.9. The van der Waals surface area contributed by atoms with Gasteiger partial charge in [-0.2, -0.15) is 0 Å². The molecule has 0 aliphatic carbocycles. The number of imidazole rings is 1. The highest BCUT2D eigenvalue weighted by Gasteiger charge is 2.15. The zero-order valence-corrected chi connectivity index (χ0v) is 10.9. The van der Waals surface area contributed by atoms with Gasteiger partial charge in [-0.15, -0.1) is 0 Å². The van der Waals surface area contributed by atoms with Crippen molar-refractivity contribution in [1.82, 2.24) is 14.9 Å². The van der Waals surface area contributed by atoms with E-state index in [1.807, 2.05) is 17.8 Å². The number of hydrogen-bond acceptors (Lipinski definition) is 3. The first-order chi connectivity index (χ1) is 8.65. The third-order valence-corrected chi connectivity index (χ3v) is 2.61. The molecule has 0 aromatic carbocycles. The van der Waals surface area contributed by atoms with Gasteiger partial charge in [-0.1, -0.05) is 6.92 Å². The maximum atomic E-state index is 11.9. The van der Waals surface area contributed by atoms with Gasteiger partial charge in [-0.3, -0.25) is 0 Å². The third-order valence-electron chi connectivity index (χ3n) is 2.61. The van der Waals surface area contributed by atoms with E-state index in [-0.39, 0.29) is 6.04 Å². The zero-order chi connectivity index (χ0) is 13.4. The minimum Gasteiger partial charge on any atom is -0.375 e. The Hall–Kier alpha value is -1.01. The number of alkyl halides is 2. The second kappa shape index (κ2) is 8.16. The summed E-state index contributed by atoms with van der Waals surface area (Å²) in [6.07, 6.45) is 2.85. The predicted octanol–water partition coefficient (Wildman–Crippen LogP) is 2.13. The molecule has 0 aliphatic heterocycles. The lowest BCUT2D eigenvalue weighted by atomic mass is 10.2. The predicted molar refractivity (Wildman–Crippen MR) is 65.7 cm³/mol. The van der Waals surface area contributed by atoms with Crippen LogP contribution in [0.4, 0.5) is 8.78 Å². The van der Waals surface area contributed by atoms with Gasteiger partial charge in [-0.05, 0) is 19.4 Å². The Morgan fingerprint density at radius 3 is 2.83 bits per heavy atom. The van der Waals surface area contributed by atoms with Crippen LogP contribution in [0.3, 0.4) is 0 Å². The van der Waals surface area contributed by atoms with Crippen LogP contribution in [0.2, 0.25) is 0 Å². The van der Waals surface area contributed by atoms with E-state index in [2.05, 4.69) is 17.2 Å². The van der Waals surface area contributed by atoms with Crippen LogP contribution in [0.1, 0.15) is 31.6 Å². The summed E-state index contributed by atoms with van der Waals surface area (Å²) in [7, 11) is 1.92. The molecule has 1 rings (SSSR count). The smallest absolute Gasteiger partial charge is 0.261 e. The lowest BCUT2D eigenvalue weighted by Gasteiger charge is -2.18. The minimum absolute atomic E-state index is 0.0441. The van der Waals surface area contributed by atoms with Gasteiger partial charge in [-0.25, -0.2) is 13.8 Å². The monoisotopic (exact) mass is 261 g/mol. The van der Waals surface area contributed by atoms with Gasteiger partial charge in [0.25, 0.3) is 6.43 Å². The second-order valence-corrected chi connectivity index (χ2v) is 4.16. The number of halogens is 2. The average Bonchev–Trinajstić information content (AvgIpc) is 2.74. The molecule has 0 radical (unpaired) electrons. The third kappa shape index (κ3) is 5.10. The van der Waals surface area contributed by atoms with E-state index >= 15 is 0 Å². The lowest BCUT2D eigenvalue weighted by Crippen LogP contribution is -2.26. The van der Waals surface area contributed by atoms with Crippen LogP contribution in [0.25, 0.3) is 0 Å². The second-order valence-electron chi connectivity index (χ2n) is 4.16. The molecule has 1 N–H and O–H groups in total. The number of nitrogens with zero attached hydrogens (tertiary/aromatic N) is 2. The van der Waals surface area contributed by atoms with Crippen LogP contribution in [-0.4, -0.2) is 35.7 Å². The molecule has 104 valence electrons. The molecular weight excluding hydrogens is 240 g/mol. The number of nitrogens with one attached hydrogen (secondary N) is 1. The van der Waals surface area contributed by atoms with Crippen molar-refractivity contribution in [3.05, 3.63) is 18.2 Å². The van der Waals surface area contributed by atoms with Gasteiger partial charge in [0.1, 0.15) is 12.4 Å². The molecule has 0 fully saturated rings. The number of hydrogen-bond donors (Lipinski definition) is 1. The van der Waals surface area contributed by atoms with Gasteiger partial charge >= 0.3 is 0 Å². The van der Waals surface area contributed by atoms with Crippen molar-refractivity contribution in [3.63, 3.8) is 0 Å². The van der Waals surface area contributed by atoms with E-state index in [1.165, 1.54) is 0 Å². The maximum Gasteiger partial charge on any atom is 0.261 e. The molecule has 18 heavy (non-hydrogen) atoms. The summed E-state index contributed by atoms with van der Waals surface area (Å²) < 4.78 is 30.7. The maximum absolute atomic E-state index is 11.9. The van der Waals surface area contributed by atoms with Crippen molar-refractivity contribution >= 4 is 0 Å². The van der Waals surface area contributed by atoms with Gasteiger partial charge in [0.05, 0.1) is 6.04 Å². The first-order valence-electron chi connectivity index (χ1n) is 6.21. The van der Waals surface area contributed by atoms with E-state index < -0.39 is 13.0 Å². The summed E-state index contributed by atoms with van der Waals surface area (Å²) in [5.41, 5.74) is 0. The first kappa shape index (κ1) is 15.0. The van der Waals surface area contributed by atoms with E-state index in [9.17, 15) is 8.78 Å². The van der Waals surface area contributed by atoms with Gasteiger partial charge in [0.15, 0.2) is 0 Å². The Morgan fingerprint density at radius 1 is 1.50 bits per heavy atom. The summed E-state index contributed by atoms with van der Waals surface area (Å²) in [6, 6.07) is 0.0441. The van der Waals surface area contributed by atoms with E-state index in [4.69, 9.17) is 4.74 Å². The highest BCUT2D eigenvalue weighted by atomic mass is 19.3. The van der Waals surface area contributed by atoms with Crippen molar-refractivity contribution in [1.29, 1.82) is 0 Å². The Balaban J connectivity index is 2.44. The minimum atomic E-state index is -2.40. The summed E-state index contributed by atoms with van der Waals surface area (Å²) >= 11 is 0. The van der Waals surface area contributed by atoms with Crippen molar-refractivity contribution < 1.29 is 13.5 Å². The van der Waals surface area contributed by atoms with Crippen LogP contribution >= 0.6 is 0 Å². The Labute approximate surface area is 106 Å². The Morgan fingerprint density at radius 2 is 2.28 bits per heavy atom. The quantitative estimate of drug-likeness (QED) is 0.692. The molecule has 0 spiro atoms. The fourth-order valence-electron chi connectivity index (χ4n) is 1.73. The van der Waals surface area contributed by atoms with Crippen LogP contribution in [0.5, 0.6) is 0 Å². The number of rotatable bonds is 9. The van der Waals surface area contributed by atoms with Crippen molar-refractivity contribution in [3.8, 4) is 0 Å².